The molecule has 26 heavy (non-hydrogen) atoms. The van der Waals surface area contributed by atoms with E-state index >= 15 is 0 Å². The number of benzene rings is 1. The van der Waals surface area contributed by atoms with Gasteiger partial charge in [-0.05, 0) is 37.8 Å². The highest BCUT2D eigenvalue weighted by molar-refractivity contribution is 6.02. The lowest BCUT2D eigenvalue weighted by Crippen LogP contribution is -2.33. The molecular formula is C19H23N3O4. The van der Waals surface area contributed by atoms with E-state index in [4.69, 9.17) is 4.74 Å². The molecule has 7 heteroatoms. The van der Waals surface area contributed by atoms with Crippen LogP contribution in [0.5, 0.6) is 5.88 Å². The summed E-state index contributed by atoms with van der Waals surface area (Å²) in [7, 11) is 0. The number of H-pyrrole nitrogens is 1. The Bertz CT molecular complexity index is 937. The van der Waals surface area contributed by atoms with Crippen molar-refractivity contribution >= 4 is 5.71 Å². The number of aromatic hydroxyl groups is 1. The van der Waals surface area contributed by atoms with Gasteiger partial charge in [-0.2, -0.15) is 0 Å². The van der Waals surface area contributed by atoms with Gasteiger partial charge in [0.15, 0.2) is 0 Å². The van der Waals surface area contributed by atoms with Crippen LogP contribution in [0, 0.1) is 6.92 Å². The predicted octanol–water partition coefficient (Wildman–Crippen LogP) is 1.92. The van der Waals surface area contributed by atoms with Crippen LogP contribution in [0.25, 0.3) is 5.69 Å². The van der Waals surface area contributed by atoms with Crippen molar-refractivity contribution in [3.05, 3.63) is 56.2 Å². The van der Waals surface area contributed by atoms with Crippen molar-refractivity contribution in [3.63, 3.8) is 0 Å². The molecule has 0 spiro atoms. The highest BCUT2D eigenvalue weighted by Crippen LogP contribution is 2.21. The maximum atomic E-state index is 12.4. The number of aliphatic imine (C=N–C) groups is 1. The lowest BCUT2D eigenvalue weighted by atomic mass is 10.1. The van der Waals surface area contributed by atoms with Crippen LogP contribution in [-0.2, 0) is 4.74 Å². The van der Waals surface area contributed by atoms with Gasteiger partial charge in [-0.3, -0.25) is 14.8 Å². The van der Waals surface area contributed by atoms with Crippen LogP contribution in [0.1, 0.15) is 37.3 Å². The van der Waals surface area contributed by atoms with E-state index < -0.39 is 11.2 Å². The monoisotopic (exact) mass is 357 g/mol. The number of ether oxygens (including phenoxy) is 1. The van der Waals surface area contributed by atoms with E-state index in [2.05, 4.69) is 9.98 Å². The van der Waals surface area contributed by atoms with E-state index in [0.29, 0.717) is 24.4 Å². The fourth-order valence-electron chi connectivity index (χ4n) is 3.19. The Morgan fingerprint density at radius 1 is 1.38 bits per heavy atom. The largest absolute Gasteiger partial charge is 0.493 e. The number of nitrogens with zero attached hydrogens (tertiary/aromatic N) is 2. The summed E-state index contributed by atoms with van der Waals surface area (Å²) in [6.45, 7) is 4.85. The molecule has 0 unspecified atom stereocenters. The van der Waals surface area contributed by atoms with Gasteiger partial charge in [-0.15, -0.1) is 0 Å². The van der Waals surface area contributed by atoms with Crippen LogP contribution in [0.4, 0.5) is 0 Å². The predicted molar refractivity (Wildman–Crippen MR) is 99.7 cm³/mol. The zero-order valence-corrected chi connectivity index (χ0v) is 15.0. The Morgan fingerprint density at radius 3 is 2.81 bits per heavy atom. The van der Waals surface area contributed by atoms with Crippen molar-refractivity contribution in [3.8, 4) is 11.6 Å². The minimum Gasteiger partial charge on any atom is -0.493 e. The van der Waals surface area contributed by atoms with Gasteiger partial charge < -0.3 is 9.84 Å². The number of aromatic nitrogens is 2. The summed E-state index contributed by atoms with van der Waals surface area (Å²) in [4.78, 5) is 31.5. The molecule has 1 saturated heterocycles. The first kappa shape index (κ1) is 18.1. The molecule has 138 valence electrons. The molecule has 1 atom stereocenters. The van der Waals surface area contributed by atoms with Gasteiger partial charge in [-0.25, -0.2) is 9.36 Å². The first-order chi connectivity index (χ1) is 12.5. The Morgan fingerprint density at radius 2 is 2.15 bits per heavy atom. The van der Waals surface area contributed by atoms with E-state index in [0.717, 1.165) is 29.6 Å². The molecule has 3 rings (SSSR count). The first-order valence-electron chi connectivity index (χ1n) is 8.82. The Kier molecular flexibility index (Phi) is 5.37. The molecule has 0 saturated carbocycles. The molecular weight excluding hydrogens is 334 g/mol. The van der Waals surface area contributed by atoms with E-state index in [1.807, 2.05) is 26.0 Å². The van der Waals surface area contributed by atoms with Crippen molar-refractivity contribution in [2.45, 2.75) is 39.2 Å². The van der Waals surface area contributed by atoms with E-state index in [9.17, 15) is 14.7 Å². The van der Waals surface area contributed by atoms with Gasteiger partial charge in [0.25, 0.3) is 5.56 Å². The summed E-state index contributed by atoms with van der Waals surface area (Å²) in [5.41, 5.74) is 0.500. The van der Waals surface area contributed by atoms with Crippen LogP contribution in [0.15, 0.2) is 38.8 Å². The lowest BCUT2D eigenvalue weighted by Gasteiger charge is -2.14. The summed E-state index contributed by atoms with van der Waals surface area (Å²) < 4.78 is 6.68. The number of hydrogen-bond acceptors (Lipinski definition) is 5. The fourth-order valence-corrected chi connectivity index (χ4v) is 3.19. The first-order valence-corrected chi connectivity index (χ1v) is 8.82. The smallest absolute Gasteiger partial charge is 0.335 e. The molecule has 1 aromatic heterocycles. The third-order valence-corrected chi connectivity index (χ3v) is 4.58. The normalized spacial score (nSPS) is 17.6. The van der Waals surface area contributed by atoms with Gasteiger partial charge in [-0.1, -0.05) is 25.1 Å². The van der Waals surface area contributed by atoms with Crippen LogP contribution in [0.3, 0.4) is 0 Å². The Balaban J connectivity index is 2.11. The van der Waals surface area contributed by atoms with Gasteiger partial charge >= 0.3 is 5.69 Å². The molecule has 1 aromatic carbocycles. The van der Waals surface area contributed by atoms with Crippen LogP contribution in [-0.4, -0.2) is 39.6 Å². The zero-order valence-electron chi connectivity index (χ0n) is 15.0. The number of nitrogens with one attached hydrogen (secondary N) is 1. The minimum absolute atomic E-state index is 0.0355. The average Bonchev–Trinajstić information content (AvgIpc) is 3.12. The molecule has 1 aliphatic rings. The molecule has 0 aliphatic carbocycles. The van der Waals surface area contributed by atoms with Crippen molar-refractivity contribution in [2.24, 2.45) is 4.99 Å². The van der Waals surface area contributed by atoms with Crippen LogP contribution in [0.2, 0.25) is 0 Å². The number of para-hydroxylation sites is 1. The quantitative estimate of drug-likeness (QED) is 0.799. The third kappa shape index (κ3) is 3.48. The second-order valence-electron chi connectivity index (χ2n) is 6.36. The van der Waals surface area contributed by atoms with Gasteiger partial charge in [0.05, 0.1) is 24.0 Å². The summed E-state index contributed by atoms with van der Waals surface area (Å²) >= 11 is 0. The maximum absolute atomic E-state index is 12.4. The molecule has 2 aromatic rings. The summed E-state index contributed by atoms with van der Waals surface area (Å²) in [6.07, 6.45) is 2.44. The van der Waals surface area contributed by atoms with Gasteiger partial charge in [0.1, 0.15) is 5.56 Å². The second-order valence-corrected chi connectivity index (χ2v) is 6.36. The molecule has 0 radical (unpaired) electrons. The number of aromatic amines is 1. The SMILES string of the molecule is CCC(=NC[C@H]1CCCO1)c1c(O)n(-c2ccccc2C)c(=O)[nH]c1=O. The summed E-state index contributed by atoms with van der Waals surface area (Å²) in [6, 6.07) is 7.16. The van der Waals surface area contributed by atoms with E-state index in [1.54, 1.807) is 12.1 Å². The third-order valence-electron chi connectivity index (χ3n) is 4.58. The van der Waals surface area contributed by atoms with Crippen LogP contribution >= 0.6 is 0 Å². The Labute approximate surface area is 151 Å². The minimum atomic E-state index is -0.680. The number of aryl methyl sites for hydroxylation is 1. The lowest BCUT2D eigenvalue weighted by molar-refractivity contribution is 0.118. The molecule has 7 nitrogen and oxygen atoms in total. The topological polar surface area (TPSA) is 96.7 Å². The average molecular weight is 357 g/mol. The van der Waals surface area contributed by atoms with Gasteiger partial charge in [0, 0.05) is 6.61 Å². The van der Waals surface area contributed by atoms with Crippen molar-refractivity contribution < 1.29 is 9.84 Å². The zero-order chi connectivity index (χ0) is 18.7. The molecule has 2 heterocycles. The molecule has 1 fully saturated rings. The standard InChI is InChI=1S/C19H23N3O4/c1-3-14(20-11-13-8-6-10-26-13)16-17(23)21-19(25)22(18(16)24)15-9-5-4-7-12(15)2/h4-5,7,9,13,24H,3,6,8,10-11H2,1-2H3,(H,21,23,25)/t13-/m1/s1. The second kappa shape index (κ2) is 7.70. The van der Waals surface area contributed by atoms with Gasteiger partial charge in [0.2, 0.25) is 5.88 Å². The number of rotatable bonds is 5. The molecule has 1 aliphatic heterocycles. The van der Waals surface area contributed by atoms with Crippen molar-refractivity contribution in [1.82, 2.24) is 9.55 Å². The highest BCUT2D eigenvalue weighted by atomic mass is 16.5. The highest BCUT2D eigenvalue weighted by Gasteiger charge is 2.21. The van der Waals surface area contributed by atoms with Crippen LogP contribution < -0.4 is 11.2 Å². The van der Waals surface area contributed by atoms with E-state index in [-0.39, 0.29) is 17.5 Å². The van der Waals surface area contributed by atoms with Crippen molar-refractivity contribution in [2.75, 3.05) is 13.2 Å². The van der Waals surface area contributed by atoms with E-state index in [1.165, 1.54) is 0 Å². The molecule has 0 amide bonds. The number of hydrogen-bond donors (Lipinski definition) is 2. The van der Waals surface area contributed by atoms with Crippen molar-refractivity contribution in [1.29, 1.82) is 0 Å². The molecule has 2 N–H and O–H groups in total. The Hall–Kier alpha value is -2.67. The molecule has 0 bridgehead atoms. The fraction of sp³-hybridized carbons (Fsp3) is 0.421. The maximum Gasteiger partial charge on any atom is 0.335 e. The summed E-state index contributed by atoms with van der Waals surface area (Å²) in [5, 5.41) is 10.8. The summed E-state index contributed by atoms with van der Waals surface area (Å²) in [5.74, 6) is -0.388.